The molecule has 1 rings (SSSR count). The molecular weight excluding hydrogens is 422 g/mol. The molecule has 0 unspecified atom stereocenters. The van der Waals surface area contributed by atoms with E-state index in [9.17, 15) is 14.4 Å². The number of alkyl carbamates (subject to hydrolysis) is 1. The minimum absolute atomic E-state index is 0.0219. The molecule has 7 nitrogen and oxygen atoms in total. The quantitative estimate of drug-likeness (QED) is 0.120. The maximum atomic E-state index is 13.1. The van der Waals surface area contributed by atoms with Crippen LogP contribution in [0.1, 0.15) is 85.0 Å². The van der Waals surface area contributed by atoms with E-state index in [-0.39, 0.29) is 26.2 Å². The van der Waals surface area contributed by atoms with Gasteiger partial charge in [0.15, 0.2) is 5.41 Å². The second-order valence-electron chi connectivity index (χ2n) is 9.78. The van der Waals surface area contributed by atoms with Crippen molar-refractivity contribution in [2.24, 2.45) is 11.3 Å². The van der Waals surface area contributed by atoms with Crippen molar-refractivity contribution in [2.75, 3.05) is 19.8 Å². The number of amides is 1. The molecule has 0 saturated heterocycles. The van der Waals surface area contributed by atoms with Gasteiger partial charge in [-0.1, -0.05) is 70.3 Å². The summed E-state index contributed by atoms with van der Waals surface area (Å²) in [6.07, 6.45) is 11.3. The summed E-state index contributed by atoms with van der Waals surface area (Å²) in [5.41, 5.74) is -2.02. The van der Waals surface area contributed by atoms with Gasteiger partial charge < -0.3 is 19.5 Å². The topological polar surface area (TPSA) is 90.9 Å². The summed E-state index contributed by atoms with van der Waals surface area (Å²) >= 11 is 0. The minimum atomic E-state index is -1.42. The predicted molar refractivity (Wildman–Crippen MR) is 129 cm³/mol. The van der Waals surface area contributed by atoms with Gasteiger partial charge in [-0.2, -0.15) is 0 Å². The van der Waals surface area contributed by atoms with Crippen LogP contribution in [0.15, 0.2) is 25.3 Å². The van der Waals surface area contributed by atoms with Gasteiger partial charge >= 0.3 is 18.0 Å². The van der Waals surface area contributed by atoms with E-state index in [0.717, 1.165) is 12.8 Å². The van der Waals surface area contributed by atoms with Gasteiger partial charge in [0, 0.05) is 6.54 Å². The molecule has 0 aromatic heterocycles. The number of hydrogen-bond donors (Lipinski definition) is 1. The summed E-state index contributed by atoms with van der Waals surface area (Å²) < 4.78 is 15.9. The highest BCUT2D eigenvalue weighted by Crippen LogP contribution is 2.36. The first-order chi connectivity index (χ1) is 15.6. The van der Waals surface area contributed by atoms with Crippen molar-refractivity contribution in [3.63, 3.8) is 0 Å². The molecule has 1 aliphatic rings. The van der Waals surface area contributed by atoms with Gasteiger partial charge in [-0.25, -0.2) is 4.79 Å². The molecule has 0 spiro atoms. The molecule has 1 aliphatic carbocycles. The van der Waals surface area contributed by atoms with Crippen molar-refractivity contribution >= 4 is 18.0 Å². The molecule has 0 aromatic carbocycles. The van der Waals surface area contributed by atoms with E-state index in [4.69, 9.17) is 14.2 Å². The number of carbonyl (C=O) groups is 3. The van der Waals surface area contributed by atoms with Crippen LogP contribution in [0.5, 0.6) is 0 Å². The van der Waals surface area contributed by atoms with Crippen LogP contribution in [-0.2, 0) is 23.8 Å². The Kier molecular flexibility index (Phi) is 12.8. The molecule has 0 aliphatic heterocycles. The molecule has 0 heterocycles. The van der Waals surface area contributed by atoms with Crippen LogP contribution in [0.4, 0.5) is 4.79 Å². The lowest BCUT2D eigenvalue weighted by Gasteiger charge is -2.30. The van der Waals surface area contributed by atoms with Gasteiger partial charge in [-0.05, 0) is 46.0 Å². The van der Waals surface area contributed by atoms with Crippen molar-refractivity contribution in [2.45, 2.75) is 90.6 Å². The Balaban J connectivity index is 2.88. The number of hydrogen-bond acceptors (Lipinski definition) is 6. The van der Waals surface area contributed by atoms with E-state index in [1.807, 2.05) is 0 Å². The van der Waals surface area contributed by atoms with E-state index in [2.05, 4.69) is 18.5 Å². The molecule has 33 heavy (non-hydrogen) atoms. The number of esters is 2. The van der Waals surface area contributed by atoms with Gasteiger partial charge in [0.2, 0.25) is 0 Å². The third-order valence-corrected chi connectivity index (χ3v) is 5.84. The largest absolute Gasteiger partial charge is 0.461 e. The van der Waals surface area contributed by atoms with Crippen LogP contribution in [0.2, 0.25) is 0 Å². The Morgan fingerprint density at radius 2 is 1.45 bits per heavy atom. The van der Waals surface area contributed by atoms with Gasteiger partial charge in [0.25, 0.3) is 0 Å². The molecule has 1 fully saturated rings. The number of carbonyl (C=O) groups excluding carboxylic acids is 3. The lowest BCUT2D eigenvalue weighted by molar-refractivity contribution is -0.172. The number of rotatable bonds is 14. The summed E-state index contributed by atoms with van der Waals surface area (Å²) in [4.78, 5) is 38.2. The monoisotopic (exact) mass is 465 g/mol. The third kappa shape index (κ3) is 10.9. The minimum Gasteiger partial charge on any atom is -0.461 e. The zero-order valence-corrected chi connectivity index (χ0v) is 20.8. The van der Waals surface area contributed by atoms with Crippen molar-refractivity contribution in [1.82, 2.24) is 5.32 Å². The Hall–Kier alpha value is -2.31. The normalized spacial score (nSPS) is 14.8. The lowest BCUT2D eigenvalue weighted by Crippen LogP contribution is -2.43. The fraction of sp³-hybridized carbons (Fsp3) is 0.731. The van der Waals surface area contributed by atoms with Crippen LogP contribution in [0, 0.1) is 11.3 Å². The standard InChI is InChI=1S/C26H43NO6/c1-6-19-31-22(28)26(23(29)32-20-7-2,16-11-15-21-13-9-8-10-14-21)17-12-18-27-24(30)33-25(3,4)5/h6-7,21H,1-2,8-20H2,3-5H3,(H,27,30). The first-order valence-electron chi connectivity index (χ1n) is 12.2. The fourth-order valence-electron chi connectivity index (χ4n) is 4.23. The van der Waals surface area contributed by atoms with E-state index in [1.165, 1.54) is 44.3 Å². The van der Waals surface area contributed by atoms with Crippen LogP contribution in [-0.4, -0.2) is 43.4 Å². The zero-order chi connectivity index (χ0) is 24.7. The summed E-state index contributed by atoms with van der Waals surface area (Å²) in [7, 11) is 0. The highest BCUT2D eigenvalue weighted by Gasteiger charge is 2.48. The third-order valence-electron chi connectivity index (χ3n) is 5.84. The Morgan fingerprint density at radius 3 is 1.97 bits per heavy atom. The molecular formula is C26H43NO6. The second-order valence-corrected chi connectivity index (χ2v) is 9.78. The van der Waals surface area contributed by atoms with E-state index in [1.54, 1.807) is 20.8 Å². The van der Waals surface area contributed by atoms with Gasteiger partial charge in [0.1, 0.15) is 18.8 Å². The molecule has 0 aromatic rings. The molecule has 0 radical (unpaired) electrons. The predicted octanol–water partition coefficient (Wildman–Crippen LogP) is 5.49. The molecule has 188 valence electrons. The van der Waals surface area contributed by atoms with Crippen molar-refractivity contribution in [1.29, 1.82) is 0 Å². The number of ether oxygens (including phenoxy) is 3. The van der Waals surface area contributed by atoms with E-state index in [0.29, 0.717) is 18.8 Å². The van der Waals surface area contributed by atoms with Crippen LogP contribution in [0.3, 0.4) is 0 Å². The first kappa shape index (κ1) is 28.7. The maximum absolute atomic E-state index is 13.1. The molecule has 1 saturated carbocycles. The Labute approximate surface area is 199 Å². The number of nitrogens with one attached hydrogen (secondary N) is 1. The summed E-state index contributed by atoms with van der Waals surface area (Å²) in [6.45, 7) is 12.8. The zero-order valence-electron chi connectivity index (χ0n) is 20.8. The summed E-state index contributed by atoms with van der Waals surface area (Å²) in [5.74, 6) is -0.562. The van der Waals surface area contributed by atoms with E-state index < -0.39 is 29.0 Å². The molecule has 7 heteroatoms. The van der Waals surface area contributed by atoms with Gasteiger partial charge in [0.05, 0.1) is 0 Å². The van der Waals surface area contributed by atoms with Crippen LogP contribution >= 0.6 is 0 Å². The Bertz CT molecular complexity index is 622. The fourth-order valence-corrected chi connectivity index (χ4v) is 4.23. The molecule has 1 N–H and O–H groups in total. The first-order valence-corrected chi connectivity index (χ1v) is 12.2. The van der Waals surface area contributed by atoms with Gasteiger partial charge in [-0.15, -0.1) is 0 Å². The average Bonchev–Trinajstić information content (AvgIpc) is 2.76. The molecule has 0 atom stereocenters. The maximum Gasteiger partial charge on any atom is 0.407 e. The van der Waals surface area contributed by atoms with E-state index >= 15 is 0 Å². The average molecular weight is 466 g/mol. The van der Waals surface area contributed by atoms with Gasteiger partial charge in [-0.3, -0.25) is 9.59 Å². The molecule has 1 amide bonds. The summed E-state index contributed by atoms with van der Waals surface area (Å²) in [5, 5.41) is 2.69. The summed E-state index contributed by atoms with van der Waals surface area (Å²) in [6, 6.07) is 0. The van der Waals surface area contributed by atoms with Crippen LogP contribution < -0.4 is 5.32 Å². The van der Waals surface area contributed by atoms with Crippen LogP contribution in [0.25, 0.3) is 0 Å². The molecule has 0 bridgehead atoms. The van der Waals surface area contributed by atoms with Crippen molar-refractivity contribution in [3.8, 4) is 0 Å². The SMILES string of the molecule is C=CCOC(=O)C(CCCNC(=O)OC(C)(C)C)(CCCC1CCCCC1)C(=O)OCC=C. The van der Waals surface area contributed by atoms with Crippen molar-refractivity contribution in [3.05, 3.63) is 25.3 Å². The smallest absolute Gasteiger partial charge is 0.407 e. The highest BCUT2D eigenvalue weighted by molar-refractivity contribution is 6.00. The highest BCUT2D eigenvalue weighted by atomic mass is 16.6. The lowest BCUT2D eigenvalue weighted by atomic mass is 9.76. The van der Waals surface area contributed by atoms with Crippen molar-refractivity contribution < 1.29 is 28.6 Å². The Morgan fingerprint density at radius 1 is 0.909 bits per heavy atom. The second kappa shape index (κ2) is 14.8.